The normalized spacial score (nSPS) is 10.2. The third kappa shape index (κ3) is 3.70. The van der Waals surface area contributed by atoms with Crippen LogP contribution in [0.25, 0.3) is 0 Å². The molecule has 0 aliphatic rings. The number of nitrogens with zero attached hydrogens (tertiary/aromatic N) is 2. The van der Waals surface area contributed by atoms with Crippen molar-refractivity contribution in [1.29, 1.82) is 0 Å². The first-order valence-corrected chi connectivity index (χ1v) is 5.77. The SMILES string of the molecule is CCNCCN(CC)c1ccc(OC)cn1. The molecule has 1 heterocycles. The Morgan fingerprint density at radius 3 is 2.69 bits per heavy atom. The van der Waals surface area contributed by atoms with Crippen LogP contribution in [0.2, 0.25) is 0 Å². The number of methoxy groups -OCH3 is 1. The highest BCUT2D eigenvalue weighted by molar-refractivity contribution is 5.40. The molecule has 1 rings (SSSR count). The predicted octanol–water partition coefficient (Wildman–Crippen LogP) is 1.53. The molecule has 4 nitrogen and oxygen atoms in total. The lowest BCUT2D eigenvalue weighted by atomic mass is 10.4. The highest BCUT2D eigenvalue weighted by atomic mass is 16.5. The smallest absolute Gasteiger partial charge is 0.137 e. The zero-order chi connectivity index (χ0) is 11.8. The maximum Gasteiger partial charge on any atom is 0.137 e. The molecule has 0 aromatic carbocycles. The van der Waals surface area contributed by atoms with Gasteiger partial charge in [0.25, 0.3) is 0 Å². The number of likely N-dealkylation sites (N-methyl/N-ethyl adjacent to an activating group) is 2. The summed E-state index contributed by atoms with van der Waals surface area (Å²) in [5.41, 5.74) is 0. The first kappa shape index (κ1) is 12.8. The van der Waals surface area contributed by atoms with Gasteiger partial charge in [-0.2, -0.15) is 0 Å². The van der Waals surface area contributed by atoms with E-state index in [1.807, 2.05) is 12.1 Å². The minimum atomic E-state index is 0.798. The van der Waals surface area contributed by atoms with E-state index in [4.69, 9.17) is 4.74 Å². The average Bonchev–Trinajstić information content (AvgIpc) is 2.35. The molecule has 90 valence electrons. The summed E-state index contributed by atoms with van der Waals surface area (Å²) in [5.74, 6) is 1.80. The van der Waals surface area contributed by atoms with E-state index in [1.54, 1.807) is 13.3 Å². The fraction of sp³-hybridized carbons (Fsp3) is 0.583. The summed E-state index contributed by atoms with van der Waals surface area (Å²) in [6.07, 6.45) is 1.76. The van der Waals surface area contributed by atoms with E-state index >= 15 is 0 Å². The summed E-state index contributed by atoms with van der Waals surface area (Å²) in [6.45, 7) is 8.18. The Bertz CT molecular complexity index is 287. The van der Waals surface area contributed by atoms with Crippen molar-refractivity contribution < 1.29 is 4.74 Å². The molecule has 0 aliphatic carbocycles. The maximum atomic E-state index is 5.09. The molecule has 0 radical (unpaired) electrons. The van der Waals surface area contributed by atoms with Gasteiger partial charge in [0, 0.05) is 19.6 Å². The van der Waals surface area contributed by atoms with E-state index in [9.17, 15) is 0 Å². The molecule has 0 unspecified atom stereocenters. The van der Waals surface area contributed by atoms with Crippen LogP contribution >= 0.6 is 0 Å². The van der Waals surface area contributed by atoms with Crippen molar-refractivity contribution in [1.82, 2.24) is 10.3 Å². The number of hydrogen-bond donors (Lipinski definition) is 1. The van der Waals surface area contributed by atoms with Gasteiger partial charge in [-0.15, -0.1) is 0 Å². The van der Waals surface area contributed by atoms with Gasteiger partial charge in [0.05, 0.1) is 13.3 Å². The zero-order valence-corrected chi connectivity index (χ0v) is 10.4. The van der Waals surface area contributed by atoms with Crippen molar-refractivity contribution in [3.8, 4) is 5.75 Å². The number of rotatable bonds is 7. The minimum absolute atomic E-state index is 0.798. The summed E-state index contributed by atoms with van der Waals surface area (Å²) in [6, 6.07) is 3.94. The van der Waals surface area contributed by atoms with Crippen LogP contribution in [0.1, 0.15) is 13.8 Å². The number of ether oxygens (including phenoxy) is 1. The first-order valence-electron chi connectivity index (χ1n) is 5.77. The van der Waals surface area contributed by atoms with Crippen molar-refractivity contribution in [2.75, 3.05) is 38.2 Å². The molecule has 0 atom stereocenters. The standard InChI is InChI=1S/C12H21N3O/c1-4-13-8-9-15(5-2)12-7-6-11(16-3)10-14-12/h6-7,10,13H,4-5,8-9H2,1-3H3. The molecular formula is C12H21N3O. The van der Waals surface area contributed by atoms with Crippen LogP contribution in [0.4, 0.5) is 5.82 Å². The topological polar surface area (TPSA) is 37.4 Å². The highest BCUT2D eigenvalue weighted by Gasteiger charge is 2.04. The molecule has 0 bridgehead atoms. The Kier molecular flexibility index (Phi) is 5.64. The molecule has 0 aliphatic heterocycles. The Hall–Kier alpha value is -1.29. The highest BCUT2D eigenvalue weighted by Crippen LogP contribution is 2.14. The van der Waals surface area contributed by atoms with E-state index < -0.39 is 0 Å². The Morgan fingerprint density at radius 2 is 2.19 bits per heavy atom. The van der Waals surface area contributed by atoms with Crippen molar-refractivity contribution in [2.24, 2.45) is 0 Å². The third-order valence-corrected chi connectivity index (χ3v) is 2.47. The predicted molar refractivity (Wildman–Crippen MR) is 67.2 cm³/mol. The maximum absolute atomic E-state index is 5.09. The van der Waals surface area contributed by atoms with Gasteiger partial charge in [0.1, 0.15) is 11.6 Å². The number of hydrogen-bond acceptors (Lipinski definition) is 4. The average molecular weight is 223 g/mol. The number of anilines is 1. The lowest BCUT2D eigenvalue weighted by Gasteiger charge is -2.22. The zero-order valence-electron chi connectivity index (χ0n) is 10.4. The van der Waals surface area contributed by atoms with E-state index in [1.165, 1.54) is 0 Å². The number of pyridine rings is 1. The summed E-state index contributed by atoms with van der Waals surface area (Å²) in [5, 5.41) is 3.31. The fourth-order valence-corrected chi connectivity index (χ4v) is 1.51. The van der Waals surface area contributed by atoms with Gasteiger partial charge in [-0.05, 0) is 25.6 Å². The van der Waals surface area contributed by atoms with Gasteiger partial charge < -0.3 is 15.0 Å². The van der Waals surface area contributed by atoms with Crippen LogP contribution in [-0.2, 0) is 0 Å². The van der Waals surface area contributed by atoms with Gasteiger partial charge in [-0.25, -0.2) is 4.98 Å². The molecule has 1 N–H and O–H groups in total. The van der Waals surface area contributed by atoms with Crippen LogP contribution in [0.5, 0.6) is 5.75 Å². The summed E-state index contributed by atoms with van der Waals surface area (Å²) in [7, 11) is 1.65. The lowest BCUT2D eigenvalue weighted by Crippen LogP contribution is -2.32. The first-order chi connectivity index (χ1) is 7.81. The van der Waals surface area contributed by atoms with Crippen LogP contribution in [0.3, 0.4) is 0 Å². The Morgan fingerprint density at radius 1 is 1.38 bits per heavy atom. The molecule has 0 saturated carbocycles. The van der Waals surface area contributed by atoms with Gasteiger partial charge in [0.15, 0.2) is 0 Å². The van der Waals surface area contributed by atoms with Gasteiger partial charge in [0.2, 0.25) is 0 Å². The Labute approximate surface area is 97.6 Å². The molecule has 0 amide bonds. The van der Waals surface area contributed by atoms with Crippen LogP contribution in [-0.4, -0.2) is 38.3 Å². The van der Waals surface area contributed by atoms with Crippen LogP contribution in [0, 0.1) is 0 Å². The fourth-order valence-electron chi connectivity index (χ4n) is 1.51. The van der Waals surface area contributed by atoms with E-state index in [0.29, 0.717) is 0 Å². The van der Waals surface area contributed by atoms with Crippen molar-refractivity contribution >= 4 is 5.82 Å². The second kappa shape index (κ2) is 7.06. The van der Waals surface area contributed by atoms with Gasteiger partial charge in [-0.1, -0.05) is 6.92 Å². The van der Waals surface area contributed by atoms with E-state index in [-0.39, 0.29) is 0 Å². The van der Waals surface area contributed by atoms with Crippen molar-refractivity contribution in [3.63, 3.8) is 0 Å². The molecule has 1 aromatic rings. The van der Waals surface area contributed by atoms with Crippen LogP contribution < -0.4 is 15.0 Å². The third-order valence-electron chi connectivity index (χ3n) is 2.47. The summed E-state index contributed by atoms with van der Waals surface area (Å²) in [4.78, 5) is 6.61. The van der Waals surface area contributed by atoms with Crippen LogP contribution in [0.15, 0.2) is 18.3 Å². The second-order valence-corrected chi connectivity index (χ2v) is 3.49. The van der Waals surface area contributed by atoms with Gasteiger partial charge in [-0.3, -0.25) is 0 Å². The van der Waals surface area contributed by atoms with Crippen molar-refractivity contribution in [3.05, 3.63) is 18.3 Å². The quantitative estimate of drug-likeness (QED) is 0.711. The Balaban J connectivity index is 2.56. The number of aromatic nitrogens is 1. The van der Waals surface area contributed by atoms with E-state index in [2.05, 4.69) is 29.0 Å². The summed E-state index contributed by atoms with van der Waals surface area (Å²) >= 11 is 0. The lowest BCUT2D eigenvalue weighted by molar-refractivity contribution is 0.413. The summed E-state index contributed by atoms with van der Waals surface area (Å²) < 4.78 is 5.09. The van der Waals surface area contributed by atoms with Gasteiger partial charge >= 0.3 is 0 Å². The second-order valence-electron chi connectivity index (χ2n) is 3.49. The molecule has 4 heteroatoms. The monoisotopic (exact) mass is 223 g/mol. The largest absolute Gasteiger partial charge is 0.495 e. The van der Waals surface area contributed by atoms with E-state index in [0.717, 1.165) is 37.7 Å². The van der Waals surface area contributed by atoms with Crippen molar-refractivity contribution in [2.45, 2.75) is 13.8 Å². The number of nitrogens with one attached hydrogen (secondary N) is 1. The minimum Gasteiger partial charge on any atom is -0.495 e. The molecule has 0 saturated heterocycles. The molecule has 0 spiro atoms. The molecule has 16 heavy (non-hydrogen) atoms. The molecule has 1 aromatic heterocycles. The molecule has 0 fully saturated rings. The molecular weight excluding hydrogens is 202 g/mol.